The average molecular weight is 318 g/mol. The summed E-state index contributed by atoms with van der Waals surface area (Å²) in [7, 11) is 1.16. The topological polar surface area (TPSA) is 63.2 Å². The van der Waals surface area contributed by atoms with E-state index in [4.69, 9.17) is 10.7 Å². The molecule has 3 rings (SSSR count). The lowest BCUT2D eigenvalue weighted by molar-refractivity contribution is -0.120. The van der Waals surface area contributed by atoms with Crippen molar-refractivity contribution >= 4 is 31.3 Å². The molecule has 0 aliphatic heterocycles. The molecule has 0 bridgehead atoms. The number of benzene rings is 1. The van der Waals surface area contributed by atoms with Crippen molar-refractivity contribution in [1.29, 1.82) is 0 Å². The molecule has 1 aromatic carbocycles. The molecule has 2 aliphatic rings. The monoisotopic (exact) mass is 317 g/mol. The lowest BCUT2D eigenvalue weighted by atomic mass is 10.0. The van der Waals surface area contributed by atoms with Gasteiger partial charge in [0.05, 0.1) is 10.6 Å². The van der Waals surface area contributed by atoms with Gasteiger partial charge in [-0.2, -0.15) is 0 Å². The van der Waals surface area contributed by atoms with E-state index in [0.717, 1.165) is 18.9 Å². The van der Waals surface area contributed by atoms with Gasteiger partial charge in [0.1, 0.15) is 5.82 Å². The summed E-state index contributed by atoms with van der Waals surface area (Å²) < 4.78 is 35.9. The van der Waals surface area contributed by atoms with Crippen molar-refractivity contribution in [3.8, 4) is 0 Å². The maximum absolute atomic E-state index is 13.8. The standard InChI is InChI=1S/C13H13ClFNO3S/c14-20(18,19)10-1-2-12(11(15)6-10)16-13(17)9-4-7-3-8(7)5-9/h1-2,6-9H,3-5H2,(H,16,17). The Morgan fingerprint density at radius 1 is 1.25 bits per heavy atom. The highest BCUT2D eigenvalue weighted by Gasteiger charge is 2.48. The van der Waals surface area contributed by atoms with Crippen molar-refractivity contribution in [2.75, 3.05) is 5.32 Å². The van der Waals surface area contributed by atoms with Crippen molar-refractivity contribution in [3.63, 3.8) is 0 Å². The van der Waals surface area contributed by atoms with Crippen LogP contribution in [0.25, 0.3) is 0 Å². The summed E-state index contributed by atoms with van der Waals surface area (Å²) in [6, 6.07) is 3.20. The number of rotatable bonds is 3. The number of anilines is 1. The van der Waals surface area contributed by atoms with Gasteiger partial charge in [-0.25, -0.2) is 12.8 Å². The molecule has 2 saturated carbocycles. The molecule has 7 heteroatoms. The molecule has 0 radical (unpaired) electrons. The molecule has 20 heavy (non-hydrogen) atoms. The van der Waals surface area contributed by atoms with Crippen molar-refractivity contribution in [1.82, 2.24) is 0 Å². The summed E-state index contributed by atoms with van der Waals surface area (Å²) in [6.45, 7) is 0. The summed E-state index contributed by atoms with van der Waals surface area (Å²) in [5.74, 6) is 0.272. The zero-order valence-electron chi connectivity index (χ0n) is 10.5. The summed E-state index contributed by atoms with van der Waals surface area (Å²) in [4.78, 5) is 11.7. The zero-order chi connectivity index (χ0) is 14.5. The molecule has 0 aromatic heterocycles. The fourth-order valence-corrected chi connectivity index (χ4v) is 3.68. The van der Waals surface area contributed by atoms with Gasteiger partial charge in [-0.3, -0.25) is 4.79 Å². The first-order valence-corrected chi connectivity index (χ1v) is 8.70. The van der Waals surface area contributed by atoms with Crippen LogP contribution >= 0.6 is 10.7 Å². The smallest absolute Gasteiger partial charge is 0.261 e. The normalized spacial score (nSPS) is 28.0. The molecule has 108 valence electrons. The van der Waals surface area contributed by atoms with E-state index in [2.05, 4.69) is 5.32 Å². The summed E-state index contributed by atoms with van der Waals surface area (Å²) in [5.41, 5.74) is -0.0142. The maximum atomic E-state index is 13.8. The van der Waals surface area contributed by atoms with E-state index in [1.165, 1.54) is 18.6 Å². The molecule has 2 fully saturated rings. The van der Waals surface area contributed by atoms with Crippen molar-refractivity contribution in [3.05, 3.63) is 24.0 Å². The highest BCUT2D eigenvalue weighted by molar-refractivity contribution is 8.13. The number of carbonyl (C=O) groups excluding carboxylic acids is 1. The van der Waals surface area contributed by atoms with Crippen LogP contribution in [0.15, 0.2) is 23.1 Å². The van der Waals surface area contributed by atoms with Gasteiger partial charge in [0.25, 0.3) is 9.05 Å². The second kappa shape index (κ2) is 4.70. The lowest BCUT2D eigenvalue weighted by Crippen LogP contribution is -2.22. The summed E-state index contributed by atoms with van der Waals surface area (Å²) in [5, 5.41) is 2.52. The molecule has 2 atom stereocenters. The highest BCUT2D eigenvalue weighted by Crippen LogP contribution is 2.54. The minimum absolute atomic E-state index is 0.0142. The Labute approximate surface area is 120 Å². The van der Waals surface area contributed by atoms with E-state index >= 15 is 0 Å². The summed E-state index contributed by atoms with van der Waals surface area (Å²) in [6.07, 6.45) is 2.94. The van der Waals surface area contributed by atoms with E-state index in [0.29, 0.717) is 11.8 Å². The minimum atomic E-state index is -3.97. The van der Waals surface area contributed by atoms with Crippen molar-refractivity contribution in [2.45, 2.75) is 24.2 Å². The third-order valence-electron chi connectivity index (χ3n) is 4.09. The Kier molecular flexibility index (Phi) is 3.25. The molecule has 0 saturated heterocycles. The highest BCUT2D eigenvalue weighted by atomic mass is 35.7. The molecular weight excluding hydrogens is 305 g/mol. The minimum Gasteiger partial charge on any atom is -0.323 e. The maximum Gasteiger partial charge on any atom is 0.261 e. The van der Waals surface area contributed by atoms with Crippen LogP contribution in [0, 0.1) is 23.6 Å². The van der Waals surface area contributed by atoms with Crippen LogP contribution in [-0.4, -0.2) is 14.3 Å². The van der Waals surface area contributed by atoms with Gasteiger partial charge in [-0.1, -0.05) is 0 Å². The van der Waals surface area contributed by atoms with Crippen molar-refractivity contribution in [2.24, 2.45) is 17.8 Å². The third kappa shape index (κ3) is 2.67. The second-order valence-electron chi connectivity index (χ2n) is 5.49. The van der Waals surface area contributed by atoms with Crippen molar-refractivity contribution < 1.29 is 17.6 Å². The van der Waals surface area contributed by atoms with Crippen LogP contribution in [0.4, 0.5) is 10.1 Å². The van der Waals surface area contributed by atoms with Gasteiger partial charge in [-0.05, 0) is 49.3 Å². The van der Waals surface area contributed by atoms with Gasteiger partial charge < -0.3 is 5.32 Å². The number of carbonyl (C=O) groups is 1. The number of fused-ring (bicyclic) bond motifs is 1. The fraction of sp³-hybridized carbons (Fsp3) is 0.462. The lowest BCUT2D eigenvalue weighted by Gasteiger charge is -2.13. The molecule has 0 spiro atoms. The van der Waals surface area contributed by atoms with Gasteiger partial charge >= 0.3 is 0 Å². The molecule has 1 amide bonds. The predicted octanol–water partition coefficient (Wildman–Crippen LogP) is 2.74. The molecule has 2 aliphatic carbocycles. The number of nitrogens with one attached hydrogen (secondary N) is 1. The first-order valence-electron chi connectivity index (χ1n) is 6.39. The molecule has 1 aromatic rings. The SMILES string of the molecule is O=C(Nc1ccc(S(=O)(=O)Cl)cc1F)C1CC2CC2C1. The first kappa shape index (κ1) is 13.8. The third-order valence-corrected chi connectivity index (χ3v) is 5.45. The molecule has 4 nitrogen and oxygen atoms in total. The average Bonchev–Trinajstić information content (AvgIpc) is 2.97. The molecule has 1 N–H and O–H groups in total. The van der Waals surface area contributed by atoms with Crippen LogP contribution in [0.3, 0.4) is 0 Å². The Hall–Kier alpha value is -1.14. The van der Waals surface area contributed by atoms with E-state index in [1.807, 2.05) is 0 Å². The first-order chi connectivity index (χ1) is 9.34. The van der Waals surface area contributed by atoms with Crippen LogP contribution in [0.5, 0.6) is 0 Å². The van der Waals surface area contributed by atoms with E-state index < -0.39 is 14.9 Å². The number of hydrogen-bond donors (Lipinski definition) is 1. The quantitative estimate of drug-likeness (QED) is 0.872. The van der Waals surface area contributed by atoms with Gasteiger partial charge in [0.15, 0.2) is 0 Å². The van der Waals surface area contributed by atoms with Crippen LogP contribution < -0.4 is 5.32 Å². The molecule has 2 unspecified atom stereocenters. The second-order valence-corrected chi connectivity index (χ2v) is 8.06. The van der Waals surface area contributed by atoms with Crippen LogP contribution in [-0.2, 0) is 13.8 Å². The Morgan fingerprint density at radius 3 is 2.45 bits per heavy atom. The van der Waals surface area contributed by atoms with Gasteiger partial charge in [0.2, 0.25) is 5.91 Å². The van der Waals surface area contributed by atoms with E-state index in [9.17, 15) is 17.6 Å². The predicted molar refractivity (Wildman–Crippen MR) is 72.4 cm³/mol. The summed E-state index contributed by atoms with van der Waals surface area (Å²) >= 11 is 0. The number of halogens is 2. The Morgan fingerprint density at radius 2 is 1.90 bits per heavy atom. The van der Waals surface area contributed by atoms with E-state index in [-0.39, 0.29) is 22.4 Å². The largest absolute Gasteiger partial charge is 0.323 e. The zero-order valence-corrected chi connectivity index (χ0v) is 12.0. The van der Waals surface area contributed by atoms with Gasteiger partial charge in [-0.15, -0.1) is 0 Å². The Balaban J connectivity index is 1.72. The number of amides is 1. The van der Waals surface area contributed by atoms with Gasteiger partial charge in [0, 0.05) is 16.6 Å². The number of hydrogen-bond acceptors (Lipinski definition) is 3. The fourth-order valence-electron chi connectivity index (χ4n) is 2.91. The van der Waals surface area contributed by atoms with E-state index in [1.54, 1.807) is 0 Å². The molecule has 0 heterocycles. The molecular formula is C13H13ClFNO3S. The van der Waals surface area contributed by atoms with Crippen LogP contribution in [0.2, 0.25) is 0 Å². The Bertz CT molecular complexity index is 666. The van der Waals surface area contributed by atoms with Crippen LogP contribution in [0.1, 0.15) is 19.3 Å².